The van der Waals surface area contributed by atoms with Gasteiger partial charge < -0.3 is 10.2 Å². The van der Waals surface area contributed by atoms with Gasteiger partial charge in [0.1, 0.15) is 12.6 Å². The Balaban J connectivity index is 1.61. The van der Waals surface area contributed by atoms with Crippen LogP contribution in [0.2, 0.25) is 15.1 Å². The van der Waals surface area contributed by atoms with E-state index < -0.39 is 28.5 Å². The maximum Gasteiger partial charge on any atom is 0.264 e. The molecule has 1 aliphatic rings. The van der Waals surface area contributed by atoms with E-state index in [0.717, 1.165) is 41.1 Å². The second kappa shape index (κ2) is 15.8. The van der Waals surface area contributed by atoms with Gasteiger partial charge in [-0.3, -0.25) is 13.9 Å². The molecule has 0 saturated heterocycles. The highest BCUT2D eigenvalue weighted by molar-refractivity contribution is 7.92. The summed E-state index contributed by atoms with van der Waals surface area (Å²) in [6, 6.07) is 24.7. The van der Waals surface area contributed by atoms with Crippen molar-refractivity contribution in [2.45, 2.75) is 69.5 Å². The molecule has 11 heteroatoms. The molecule has 0 aliphatic heterocycles. The van der Waals surface area contributed by atoms with Gasteiger partial charge >= 0.3 is 0 Å². The summed E-state index contributed by atoms with van der Waals surface area (Å²) in [6.45, 7) is 2.88. The first-order valence-corrected chi connectivity index (χ1v) is 18.4. The van der Waals surface area contributed by atoms with Crippen LogP contribution in [0.1, 0.15) is 47.9 Å². The lowest BCUT2D eigenvalue weighted by Gasteiger charge is -2.35. The fourth-order valence-electron chi connectivity index (χ4n) is 6.02. The number of nitrogens with one attached hydrogen (secondary N) is 1. The van der Waals surface area contributed by atoms with Crippen molar-refractivity contribution in [1.82, 2.24) is 10.2 Å². The highest BCUT2D eigenvalue weighted by atomic mass is 35.5. The number of hydrogen-bond acceptors (Lipinski definition) is 4. The van der Waals surface area contributed by atoms with Gasteiger partial charge in [-0.25, -0.2) is 8.42 Å². The topological polar surface area (TPSA) is 86.8 Å². The Morgan fingerprint density at radius 2 is 1.50 bits per heavy atom. The molecule has 7 nitrogen and oxygen atoms in total. The van der Waals surface area contributed by atoms with E-state index in [0.29, 0.717) is 31.9 Å². The molecule has 0 bridgehead atoms. The number of aryl methyl sites for hydroxylation is 2. The molecule has 0 spiro atoms. The van der Waals surface area contributed by atoms with Crippen molar-refractivity contribution >= 4 is 62.3 Å². The Kier molecular flexibility index (Phi) is 11.7. The van der Waals surface area contributed by atoms with Gasteiger partial charge in [-0.1, -0.05) is 102 Å². The molecule has 1 aliphatic carbocycles. The minimum atomic E-state index is -4.26. The largest absolute Gasteiger partial charge is 0.352 e. The minimum absolute atomic E-state index is 0.00763. The minimum Gasteiger partial charge on any atom is -0.352 e. The summed E-state index contributed by atoms with van der Waals surface area (Å²) in [5, 5.41) is 4.25. The van der Waals surface area contributed by atoms with Gasteiger partial charge in [0, 0.05) is 39.6 Å². The monoisotopic (exact) mass is 725 g/mol. The van der Waals surface area contributed by atoms with Crippen LogP contribution >= 0.6 is 34.8 Å². The lowest BCUT2D eigenvalue weighted by Crippen LogP contribution is -2.54. The summed E-state index contributed by atoms with van der Waals surface area (Å²) in [7, 11) is -4.26. The fourth-order valence-corrected chi connectivity index (χ4v) is 8.25. The molecule has 2 amide bonds. The summed E-state index contributed by atoms with van der Waals surface area (Å²) >= 11 is 19.5. The number of nitrogens with zero attached hydrogens (tertiary/aromatic N) is 2. The highest BCUT2D eigenvalue weighted by Gasteiger charge is 2.36. The molecule has 4 aromatic rings. The number of hydrogen-bond donors (Lipinski definition) is 1. The van der Waals surface area contributed by atoms with Gasteiger partial charge in [0.15, 0.2) is 0 Å². The lowest BCUT2D eigenvalue weighted by molar-refractivity contribution is -0.140. The third-order valence-electron chi connectivity index (χ3n) is 8.68. The van der Waals surface area contributed by atoms with Crippen molar-refractivity contribution in [3.63, 3.8) is 0 Å². The van der Waals surface area contributed by atoms with Gasteiger partial charge in [0.25, 0.3) is 10.0 Å². The van der Waals surface area contributed by atoms with E-state index in [1.807, 2.05) is 37.3 Å². The molecular weight excluding hydrogens is 689 g/mol. The number of anilines is 1. The quantitative estimate of drug-likeness (QED) is 0.160. The van der Waals surface area contributed by atoms with Crippen molar-refractivity contribution in [2.75, 3.05) is 10.8 Å². The van der Waals surface area contributed by atoms with Crippen molar-refractivity contribution in [3.05, 3.63) is 128 Å². The molecule has 0 heterocycles. The normalized spacial score (nSPS) is 14.0. The molecule has 48 heavy (non-hydrogen) atoms. The smallest absolute Gasteiger partial charge is 0.264 e. The van der Waals surface area contributed by atoms with E-state index in [9.17, 15) is 18.0 Å². The summed E-state index contributed by atoms with van der Waals surface area (Å²) in [5.41, 5.74) is 3.03. The fraction of sp³-hybridized carbons (Fsp3) is 0.297. The number of rotatable bonds is 12. The molecule has 1 fully saturated rings. The van der Waals surface area contributed by atoms with E-state index in [-0.39, 0.29) is 29.8 Å². The summed E-state index contributed by atoms with van der Waals surface area (Å²) < 4.78 is 29.7. The number of amides is 2. The zero-order chi connectivity index (χ0) is 34.4. The van der Waals surface area contributed by atoms with Crippen LogP contribution < -0.4 is 9.62 Å². The average Bonchev–Trinajstić information content (AvgIpc) is 3.56. The Labute approximate surface area is 297 Å². The Morgan fingerprint density at radius 3 is 2.12 bits per heavy atom. The maximum atomic E-state index is 14.8. The third-order valence-corrected chi connectivity index (χ3v) is 11.4. The van der Waals surface area contributed by atoms with Crippen molar-refractivity contribution in [3.8, 4) is 0 Å². The predicted molar refractivity (Wildman–Crippen MR) is 193 cm³/mol. The first-order chi connectivity index (χ1) is 22.9. The Bertz CT molecular complexity index is 1840. The molecule has 0 unspecified atom stereocenters. The summed E-state index contributed by atoms with van der Waals surface area (Å²) in [6.07, 6.45) is 3.92. The maximum absolute atomic E-state index is 14.8. The summed E-state index contributed by atoms with van der Waals surface area (Å²) in [5.74, 6) is -0.920. The van der Waals surface area contributed by atoms with Crippen LogP contribution in [0.15, 0.2) is 95.9 Å². The van der Waals surface area contributed by atoms with Crippen LogP contribution in [0.3, 0.4) is 0 Å². The van der Waals surface area contributed by atoms with Crippen LogP contribution in [0.5, 0.6) is 0 Å². The molecule has 0 radical (unpaired) electrons. The van der Waals surface area contributed by atoms with Crippen molar-refractivity contribution in [2.24, 2.45) is 0 Å². The summed E-state index contributed by atoms with van der Waals surface area (Å²) in [4.78, 5) is 30.4. The van der Waals surface area contributed by atoms with Gasteiger partial charge in [-0.05, 0) is 80.3 Å². The number of carbonyl (C=O) groups is 2. The first kappa shape index (κ1) is 35.7. The molecule has 0 aromatic heterocycles. The van der Waals surface area contributed by atoms with E-state index >= 15 is 0 Å². The zero-order valence-electron chi connectivity index (χ0n) is 26.8. The Morgan fingerprint density at radius 1 is 0.854 bits per heavy atom. The van der Waals surface area contributed by atoms with E-state index in [2.05, 4.69) is 5.32 Å². The molecule has 1 saturated carbocycles. The van der Waals surface area contributed by atoms with E-state index in [1.54, 1.807) is 55.5 Å². The third kappa shape index (κ3) is 8.53. The van der Waals surface area contributed by atoms with Crippen molar-refractivity contribution < 1.29 is 18.0 Å². The van der Waals surface area contributed by atoms with Crippen LogP contribution in [-0.4, -0.2) is 43.8 Å². The average molecular weight is 727 g/mol. The van der Waals surface area contributed by atoms with Gasteiger partial charge in [0.2, 0.25) is 11.8 Å². The van der Waals surface area contributed by atoms with Gasteiger partial charge in [-0.15, -0.1) is 0 Å². The molecule has 5 rings (SSSR count). The standard InChI is InChI=1S/C37H38Cl3N3O4S/c1-25-15-18-30(19-16-25)48(46,47)43(34-20-17-28(38)21-26(34)2)24-36(44)42(23-31-32(39)13-8-14-33(31)40)35(22-27-9-4-3-5-10-27)37(45)41-29-11-6-7-12-29/h3-5,8-10,13-21,29,35H,6-7,11-12,22-24H2,1-2H3,(H,41,45)/t35-/m1/s1. The van der Waals surface area contributed by atoms with Crippen LogP contribution in [0, 0.1) is 13.8 Å². The second-order valence-electron chi connectivity index (χ2n) is 12.2. The molecule has 1 atom stereocenters. The van der Waals surface area contributed by atoms with Crippen LogP contribution in [0.25, 0.3) is 0 Å². The lowest BCUT2D eigenvalue weighted by atomic mass is 10.0. The molecule has 1 N–H and O–H groups in total. The van der Waals surface area contributed by atoms with Gasteiger partial charge in [-0.2, -0.15) is 0 Å². The van der Waals surface area contributed by atoms with Crippen molar-refractivity contribution in [1.29, 1.82) is 0 Å². The Hall–Kier alpha value is -3.56. The highest BCUT2D eigenvalue weighted by Crippen LogP contribution is 2.31. The molecule has 4 aromatic carbocycles. The number of sulfonamides is 1. The van der Waals surface area contributed by atoms with E-state index in [1.165, 1.54) is 17.0 Å². The number of halogens is 3. The SMILES string of the molecule is Cc1ccc(S(=O)(=O)N(CC(=O)N(Cc2c(Cl)cccc2Cl)[C@H](Cc2ccccc2)C(=O)NC2CCCC2)c2ccc(Cl)cc2C)cc1. The molecular formula is C37H38Cl3N3O4S. The predicted octanol–water partition coefficient (Wildman–Crippen LogP) is 8.16. The molecule has 252 valence electrons. The first-order valence-electron chi connectivity index (χ1n) is 15.9. The zero-order valence-corrected chi connectivity index (χ0v) is 29.9. The van der Waals surface area contributed by atoms with Gasteiger partial charge in [0.05, 0.1) is 10.6 Å². The van der Waals surface area contributed by atoms with Crippen LogP contribution in [-0.2, 0) is 32.6 Å². The van der Waals surface area contributed by atoms with E-state index in [4.69, 9.17) is 34.8 Å². The number of benzene rings is 4. The second-order valence-corrected chi connectivity index (χ2v) is 15.3. The van der Waals surface area contributed by atoms with Crippen LogP contribution in [0.4, 0.5) is 5.69 Å². The number of carbonyl (C=O) groups excluding carboxylic acids is 2.